The van der Waals surface area contributed by atoms with Crippen molar-refractivity contribution in [2.75, 3.05) is 6.26 Å². The van der Waals surface area contributed by atoms with Gasteiger partial charge in [0.1, 0.15) is 0 Å². The molecule has 1 aromatic rings. The van der Waals surface area contributed by atoms with Gasteiger partial charge in [0.15, 0.2) is 0 Å². The minimum absolute atomic E-state index is 0.465. The fourth-order valence-corrected chi connectivity index (χ4v) is 3.70. The van der Waals surface area contributed by atoms with E-state index in [2.05, 4.69) is 49.7 Å². The van der Waals surface area contributed by atoms with Crippen LogP contribution >= 0.6 is 11.8 Å². The molecule has 0 aliphatic heterocycles. The highest BCUT2D eigenvalue weighted by molar-refractivity contribution is 7.99. The monoisotopic (exact) mass is 249 g/mol. The van der Waals surface area contributed by atoms with Gasteiger partial charge in [0, 0.05) is 17.3 Å². The van der Waals surface area contributed by atoms with Crippen LogP contribution in [0.15, 0.2) is 24.3 Å². The number of thioether (sulfide) groups is 1. The SMILES string of the molecule is CSC1CCCC1NC(C)c1cccc(C)c1. The fourth-order valence-electron chi connectivity index (χ4n) is 2.76. The van der Waals surface area contributed by atoms with Crippen molar-refractivity contribution >= 4 is 11.8 Å². The minimum atomic E-state index is 0.465. The Morgan fingerprint density at radius 1 is 1.35 bits per heavy atom. The van der Waals surface area contributed by atoms with Crippen LogP contribution in [0.1, 0.15) is 43.4 Å². The van der Waals surface area contributed by atoms with E-state index in [9.17, 15) is 0 Å². The highest BCUT2D eigenvalue weighted by atomic mass is 32.2. The van der Waals surface area contributed by atoms with E-state index < -0.39 is 0 Å². The molecule has 0 heterocycles. The molecule has 0 spiro atoms. The summed E-state index contributed by atoms with van der Waals surface area (Å²) in [4.78, 5) is 0. The molecule has 17 heavy (non-hydrogen) atoms. The van der Waals surface area contributed by atoms with Gasteiger partial charge in [-0.05, 0) is 38.5 Å². The zero-order valence-electron chi connectivity index (χ0n) is 11.1. The van der Waals surface area contributed by atoms with E-state index in [-0.39, 0.29) is 0 Å². The summed E-state index contributed by atoms with van der Waals surface area (Å²) in [5.74, 6) is 0. The van der Waals surface area contributed by atoms with Gasteiger partial charge in [-0.1, -0.05) is 36.2 Å². The predicted molar refractivity (Wildman–Crippen MR) is 77.7 cm³/mol. The molecule has 0 amide bonds. The van der Waals surface area contributed by atoms with E-state index in [1.54, 1.807) is 0 Å². The van der Waals surface area contributed by atoms with E-state index in [4.69, 9.17) is 0 Å². The quantitative estimate of drug-likeness (QED) is 0.867. The van der Waals surface area contributed by atoms with Crippen LogP contribution in [-0.2, 0) is 0 Å². The lowest BCUT2D eigenvalue weighted by molar-refractivity contribution is 0.467. The van der Waals surface area contributed by atoms with Crippen LogP contribution < -0.4 is 5.32 Å². The molecule has 1 nitrogen and oxygen atoms in total. The third kappa shape index (κ3) is 3.26. The summed E-state index contributed by atoms with van der Waals surface area (Å²) in [5.41, 5.74) is 2.76. The summed E-state index contributed by atoms with van der Waals surface area (Å²) in [6.07, 6.45) is 6.33. The van der Waals surface area contributed by atoms with Gasteiger partial charge in [-0.3, -0.25) is 0 Å². The molecule has 1 aliphatic rings. The Kier molecular flexibility index (Phi) is 4.52. The van der Waals surface area contributed by atoms with E-state index in [0.717, 1.165) is 5.25 Å². The zero-order chi connectivity index (χ0) is 12.3. The van der Waals surface area contributed by atoms with E-state index in [0.29, 0.717) is 12.1 Å². The first-order valence-corrected chi connectivity index (χ1v) is 7.85. The first kappa shape index (κ1) is 13.0. The maximum atomic E-state index is 3.80. The minimum Gasteiger partial charge on any atom is -0.306 e. The van der Waals surface area contributed by atoms with Crippen molar-refractivity contribution in [3.05, 3.63) is 35.4 Å². The Balaban J connectivity index is 1.99. The van der Waals surface area contributed by atoms with Crippen molar-refractivity contribution in [1.82, 2.24) is 5.32 Å². The summed E-state index contributed by atoms with van der Waals surface area (Å²) in [6, 6.07) is 10.0. The average Bonchev–Trinajstić information content (AvgIpc) is 2.76. The molecule has 1 N–H and O–H groups in total. The molecule has 1 saturated carbocycles. The first-order chi connectivity index (χ1) is 8.20. The van der Waals surface area contributed by atoms with Crippen LogP contribution in [0, 0.1) is 6.92 Å². The lowest BCUT2D eigenvalue weighted by Gasteiger charge is -2.24. The molecule has 1 aliphatic carbocycles. The van der Waals surface area contributed by atoms with Crippen molar-refractivity contribution in [3.63, 3.8) is 0 Å². The smallest absolute Gasteiger partial charge is 0.0294 e. The van der Waals surface area contributed by atoms with Crippen molar-refractivity contribution in [2.45, 2.75) is 50.4 Å². The van der Waals surface area contributed by atoms with Gasteiger partial charge in [0.05, 0.1) is 0 Å². The van der Waals surface area contributed by atoms with Crippen molar-refractivity contribution < 1.29 is 0 Å². The lowest BCUT2D eigenvalue weighted by atomic mass is 10.0. The Morgan fingerprint density at radius 3 is 2.88 bits per heavy atom. The van der Waals surface area contributed by atoms with Crippen molar-refractivity contribution in [2.24, 2.45) is 0 Å². The Bertz CT molecular complexity index is 364. The largest absolute Gasteiger partial charge is 0.306 e. The topological polar surface area (TPSA) is 12.0 Å². The molecule has 2 rings (SSSR count). The molecule has 0 bridgehead atoms. The summed E-state index contributed by atoms with van der Waals surface area (Å²) >= 11 is 2.02. The third-order valence-electron chi connectivity index (χ3n) is 3.76. The van der Waals surface area contributed by atoms with E-state index in [1.807, 2.05) is 11.8 Å². The standard InChI is InChI=1S/C15H23NS/c1-11-6-4-7-13(10-11)12(2)16-14-8-5-9-15(14)17-3/h4,6-7,10,12,14-16H,5,8-9H2,1-3H3. The molecule has 1 aromatic carbocycles. The number of hydrogen-bond donors (Lipinski definition) is 1. The number of rotatable bonds is 4. The lowest BCUT2D eigenvalue weighted by Crippen LogP contribution is -2.35. The molecule has 3 unspecified atom stereocenters. The van der Waals surface area contributed by atoms with Gasteiger partial charge < -0.3 is 5.32 Å². The van der Waals surface area contributed by atoms with Crippen LogP contribution in [0.4, 0.5) is 0 Å². The van der Waals surface area contributed by atoms with Gasteiger partial charge in [0.2, 0.25) is 0 Å². The van der Waals surface area contributed by atoms with E-state index >= 15 is 0 Å². The second-order valence-electron chi connectivity index (χ2n) is 5.11. The van der Waals surface area contributed by atoms with Crippen LogP contribution in [0.2, 0.25) is 0 Å². The molecule has 2 heteroatoms. The highest BCUT2D eigenvalue weighted by Crippen LogP contribution is 2.30. The van der Waals surface area contributed by atoms with Gasteiger partial charge in [-0.15, -0.1) is 0 Å². The third-order valence-corrected chi connectivity index (χ3v) is 4.93. The number of benzene rings is 1. The van der Waals surface area contributed by atoms with Crippen LogP contribution in [0.3, 0.4) is 0 Å². The molecule has 94 valence electrons. The van der Waals surface area contributed by atoms with Crippen molar-refractivity contribution in [3.8, 4) is 0 Å². The van der Waals surface area contributed by atoms with E-state index in [1.165, 1.54) is 30.4 Å². The number of hydrogen-bond acceptors (Lipinski definition) is 2. The second kappa shape index (κ2) is 5.92. The molecular weight excluding hydrogens is 226 g/mol. The zero-order valence-corrected chi connectivity index (χ0v) is 11.9. The van der Waals surface area contributed by atoms with Gasteiger partial charge >= 0.3 is 0 Å². The Labute approximate surface area is 109 Å². The molecule has 0 radical (unpaired) electrons. The Hall–Kier alpha value is -0.470. The van der Waals surface area contributed by atoms with Gasteiger partial charge in [-0.25, -0.2) is 0 Å². The van der Waals surface area contributed by atoms with Crippen molar-refractivity contribution in [1.29, 1.82) is 0 Å². The predicted octanol–water partition coefficient (Wildman–Crippen LogP) is 3.93. The fraction of sp³-hybridized carbons (Fsp3) is 0.600. The summed E-state index contributed by atoms with van der Waals surface area (Å²) in [5, 5.41) is 4.61. The molecule has 3 atom stereocenters. The summed E-state index contributed by atoms with van der Waals surface area (Å²) < 4.78 is 0. The Morgan fingerprint density at radius 2 is 2.18 bits per heavy atom. The maximum Gasteiger partial charge on any atom is 0.0294 e. The summed E-state index contributed by atoms with van der Waals surface area (Å²) in [7, 11) is 0. The van der Waals surface area contributed by atoms with Crippen LogP contribution in [0.5, 0.6) is 0 Å². The summed E-state index contributed by atoms with van der Waals surface area (Å²) in [6.45, 7) is 4.45. The average molecular weight is 249 g/mol. The normalized spacial score (nSPS) is 26.1. The van der Waals surface area contributed by atoms with Crippen LogP contribution in [0.25, 0.3) is 0 Å². The van der Waals surface area contributed by atoms with Gasteiger partial charge in [-0.2, -0.15) is 11.8 Å². The molecule has 0 aromatic heterocycles. The highest BCUT2D eigenvalue weighted by Gasteiger charge is 2.27. The number of aryl methyl sites for hydroxylation is 1. The maximum absolute atomic E-state index is 3.80. The molecular formula is C15H23NS. The van der Waals surface area contributed by atoms with Gasteiger partial charge in [0.25, 0.3) is 0 Å². The number of nitrogens with one attached hydrogen (secondary N) is 1. The molecule has 1 fully saturated rings. The van der Waals surface area contributed by atoms with Crippen LogP contribution in [-0.4, -0.2) is 17.5 Å². The molecule has 0 saturated heterocycles. The first-order valence-electron chi connectivity index (χ1n) is 6.56. The second-order valence-corrected chi connectivity index (χ2v) is 6.19.